The predicted molar refractivity (Wildman–Crippen MR) is 59.1 cm³/mol. The van der Waals surface area contributed by atoms with Crippen LogP contribution < -0.4 is 0 Å². The zero-order valence-electron chi connectivity index (χ0n) is 9.21. The maximum atomic E-state index is 11.3. The standard InChI is InChI=1S/C13H16O2/c1-3-10-5-4-9(2)8-11(10)13(6-7-13)12(14)15/h4-5,8H,3,6-7H2,1-2H3,(H,14,15). The summed E-state index contributed by atoms with van der Waals surface area (Å²) in [7, 11) is 0. The Morgan fingerprint density at radius 2 is 2.13 bits per heavy atom. The van der Waals surface area contributed by atoms with Crippen molar-refractivity contribution in [3.63, 3.8) is 0 Å². The average molecular weight is 204 g/mol. The predicted octanol–water partition coefficient (Wildman–Crippen LogP) is 2.67. The van der Waals surface area contributed by atoms with Gasteiger partial charge in [-0.15, -0.1) is 0 Å². The molecule has 2 nitrogen and oxygen atoms in total. The molecular weight excluding hydrogens is 188 g/mol. The number of hydrogen-bond donors (Lipinski definition) is 1. The highest BCUT2D eigenvalue weighted by Gasteiger charge is 2.52. The van der Waals surface area contributed by atoms with Gasteiger partial charge < -0.3 is 5.11 Å². The largest absolute Gasteiger partial charge is 0.481 e. The molecule has 1 aromatic carbocycles. The molecule has 1 aromatic rings. The number of aliphatic carboxylic acids is 1. The van der Waals surface area contributed by atoms with Gasteiger partial charge in [-0.2, -0.15) is 0 Å². The second kappa shape index (κ2) is 3.37. The molecule has 0 heterocycles. The second-order valence-corrected chi connectivity index (χ2v) is 4.40. The van der Waals surface area contributed by atoms with Crippen molar-refractivity contribution in [1.29, 1.82) is 0 Å². The van der Waals surface area contributed by atoms with Crippen molar-refractivity contribution < 1.29 is 9.90 Å². The third-order valence-electron chi connectivity index (χ3n) is 3.32. The Hall–Kier alpha value is -1.31. The average Bonchev–Trinajstić information content (AvgIpc) is 2.98. The quantitative estimate of drug-likeness (QED) is 0.821. The lowest BCUT2D eigenvalue weighted by Crippen LogP contribution is -2.21. The summed E-state index contributed by atoms with van der Waals surface area (Å²) in [4.78, 5) is 11.3. The fraction of sp³-hybridized carbons (Fsp3) is 0.462. The van der Waals surface area contributed by atoms with Crippen LogP contribution in [0.3, 0.4) is 0 Å². The molecule has 15 heavy (non-hydrogen) atoms. The molecule has 0 radical (unpaired) electrons. The van der Waals surface area contributed by atoms with Gasteiger partial charge in [0.25, 0.3) is 0 Å². The third-order valence-corrected chi connectivity index (χ3v) is 3.32. The molecule has 0 aliphatic heterocycles. The van der Waals surface area contributed by atoms with Crippen LogP contribution in [0, 0.1) is 6.92 Å². The maximum Gasteiger partial charge on any atom is 0.314 e. The topological polar surface area (TPSA) is 37.3 Å². The highest BCUT2D eigenvalue weighted by molar-refractivity contribution is 5.85. The lowest BCUT2D eigenvalue weighted by Gasteiger charge is -2.15. The summed E-state index contributed by atoms with van der Waals surface area (Å²) in [6, 6.07) is 6.16. The molecule has 80 valence electrons. The van der Waals surface area contributed by atoms with Crippen molar-refractivity contribution in [3.8, 4) is 0 Å². The van der Waals surface area contributed by atoms with Crippen molar-refractivity contribution in [1.82, 2.24) is 0 Å². The van der Waals surface area contributed by atoms with Gasteiger partial charge in [0, 0.05) is 0 Å². The first-order valence-corrected chi connectivity index (χ1v) is 5.43. The van der Waals surface area contributed by atoms with Crippen LogP contribution in [0.4, 0.5) is 0 Å². The Labute approximate surface area is 89.9 Å². The van der Waals surface area contributed by atoms with Crippen LogP contribution in [0.25, 0.3) is 0 Å². The molecular formula is C13H16O2. The number of hydrogen-bond acceptors (Lipinski definition) is 1. The van der Waals surface area contributed by atoms with E-state index in [1.165, 1.54) is 5.56 Å². The highest BCUT2D eigenvalue weighted by Crippen LogP contribution is 2.49. The lowest BCUT2D eigenvalue weighted by atomic mass is 9.89. The van der Waals surface area contributed by atoms with Crippen LogP contribution in [0.15, 0.2) is 18.2 Å². The van der Waals surface area contributed by atoms with Gasteiger partial charge in [0.1, 0.15) is 0 Å². The van der Waals surface area contributed by atoms with Gasteiger partial charge in [0.05, 0.1) is 5.41 Å². The Balaban J connectivity index is 2.51. The minimum absolute atomic E-state index is 0.558. The summed E-state index contributed by atoms with van der Waals surface area (Å²) in [6.45, 7) is 4.09. The number of rotatable bonds is 3. The molecule has 0 bridgehead atoms. The summed E-state index contributed by atoms with van der Waals surface area (Å²) in [5.41, 5.74) is 2.81. The van der Waals surface area contributed by atoms with E-state index >= 15 is 0 Å². The summed E-state index contributed by atoms with van der Waals surface area (Å²) in [6.07, 6.45) is 2.49. The van der Waals surface area contributed by atoms with E-state index in [9.17, 15) is 9.90 Å². The third kappa shape index (κ3) is 1.54. The molecule has 0 aromatic heterocycles. The number of carboxylic acid groups (broad SMARTS) is 1. The first kappa shape index (κ1) is 10.2. The number of aryl methyl sites for hydroxylation is 2. The fourth-order valence-electron chi connectivity index (χ4n) is 2.17. The lowest BCUT2D eigenvalue weighted by molar-refractivity contribution is -0.140. The Kier molecular flexibility index (Phi) is 2.29. The molecule has 0 spiro atoms. The van der Waals surface area contributed by atoms with Crippen LogP contribution in [-0.2, 0) is 16.6 Å². The van der Waals surface area contributed by atoms with Gasteiger partial charge in [-0.05, 0) is 37.3 Å². The van der Waals surface area contributed by atoms with Crippen LogP contribution in [0.1, 0.15) is 36.5 Å². The number of carbonyl (C=O) groups is 1. The van der Waals surface area contributed by atoms with Gasteiger partial charge in [-0.25, -0.2) is 0 Å². The van der Waals surface area contributed by atoms with Crippen molar-refractivity contribution in [2.75, 3.05) is 0 Å². The van der Waals surface area contributed by atoms with Crippen molar-refractivity contribution in [2.45, 2.75) is 38.5 Å². The second-order valence-electron chi connectivity index (χ2n) is 4.40. The summed E-state index contributed by atoms with van der Waals surface area (Å²) in [5.74, 6) is -0.664. The molecule has 1 aliphatic carbocycles. The van der Waals surface area contributed by atoms with E-state index in [0.29, 0.717) is 0 Å². The molecule has 0 unspecified atom stereocenters. The smallest absolute Gasteiger partial charge is 0.314 e. The van der Waals surface area contributed by atoms with Gasteiger partial charge in [0.2, 0.25) is 0 Å². The molecule has 0 saturated heterocycles. The molecule has 1 fully saturated rings. The van der Waals surface area contributed by atoms with E-state index < -0.39 is 11.4 Å². The molecule has 2 rings (SSSR count). The Morgan fingerprint density at radius 3 is 2.60 bits per heavy atom. The van der Waals surface area contributed by atoms with Crippen molar-refractivity contribution >= 4 is 5.97 Å². The zero-order valence-corrected chi connectivity index (χ0v) is 9.21. The number of carboxylic acids is 1. The van der Waals surface area contributed by atoms with Crippen LogP contribution >= 0.6 is 0 Å². The highest BCUT2D eigenvalue weighted by atomic mass is 16.4. The summed E-state index contributed by atoms with van der Waals surface area (Å²) in [5, 5.41) is 9.27. The monoisotopic (exact) mass is 204 g/mol. The summed E-state index contributed by atoms with van der Waals surface area (Å²) < 4.78 is 0. The SMILES string of the molecule is CCc1ccc(C)cc1C1(C(=O)O)CC1. The fourth-order valence-corrected chi connectivity index (χ4v) is 2.17. The molecule has 0 atom stereocenters. The molecule has 1 N–H and O–H groups in total. The van der Waals surface area contributed by atoms with E-state index in [1.54, 1.807) is 0 Å². The van der Waals surface area contributed by atoms with Gasteiger partial charge in [0.15, 0.2) is 0 Å². The first-order valence-electron chi connectivity index (χ1n) is 5.43. The van der Waals surface area contributed by atoms with E-state index in [4.69, 9.17) is 0 Å². The van der Waals surface area contributed by atoms with E-state index in [-0.39, 0.29) is 0 Å². The molecule has 0 amide bonds. The Bertz CT molecular complexity index is 403. The maximum absolute atomic E-state index is 11.3. The van der Waals surface area contributed by atoms with Crippen LogP contribution in [-0.4, -0.2) is 11.1 Å². The Morgan fingerprint density at radius 1 is 1.47 bits per heavy atom. The minimum atomic E-state index is -0.664. The zero-order chi connectivity index (χ0) is 11.1. The molecule has 1 aliphatic rings. The van der Waals surface area contributed by atoms with Crippen LogP contribution in [0.5, 0.6) is 0 Å². The van der Waals surface area contributed by atoms with Gasteiger partial charge in [-0.3, -0.25) is 4.79 Å². The van der Waals surface area contributed by atoms with E-state index in [0.717, 1.165) is 30.4 Å². The first-order chi connectivity index (χ1) is 7.10. The van der Waals surface area contributed by atoms with Gasteiger partial charge in [-0.1, -0.05) is 30.7 Å². The van der Waals surface area contributed by atoms with Crippen molar-refractivity contribution in [3.05, 3.63) is 34.9 Å². The van der Waals surface area contributed by atoms with Crippen molar-refractivity contribution in [2.24, 2.45) is 0 Å². The summed E-state index contributed by atoms with van der Waals surface area (Å²) >= 11 is 0. The molecule has 2 heteroatoms. The normalized spacial score (nSPS) is 17.5. The number of benzene rings is 1. The minimum Gasteiger partial charge on any atom is -0.481 e. The van der Waals surface area contributed by atoms with E-state index in [1.807, 2.05) is 13.0 Å². The van der Waals surface area contributed by atoms with E-state index in [2.05, 4.69) is 19.1 Å². The van der Waals surface area contributed by atoms with Gasteiger partial charge >= 0.3 is 5.97 Å². The molecule has 1 saturated carbocycles. The van der Waals surface area contributed by atoms with Crippen LogP contribution in [0.2, 0.25) is 0 Å².